The van der Waals surface area contributed by atoms with E-state index < -0.39 is 0 Å². The molecule has 0 radical (unpaired) electrons. The van der Waals surface area contributed by atoms with Gasteiger partial charge in [0.05, 0.1) is 6.54 Å². The first-order valence-corrected chi connectivity index (χ1v) is 9.57. The quantitative estimate of drug-likeness (QED) is 0.409. The molecule has 0 saturated heterocycles. The van der Waals surface area contributed by atoms with Crippen LogP contribution in [-0.4, -0.2) is 24.0 Å². The van der Waals surface area contributed by atoms with Gasteiger partial charge in [-0.2, -0.15) is 0 Å². The van der Waals surface area contributed by atoms with Crippen LogP contribution in [0.5, 0.6) is 0 Å². The van der Waals surface area contributed by atoms with Crippen molar-refractivity contribution in [2.45, 2.75) is 33.2 Å². The van der Waals surface area contributed by atoms with Crippen LogP contribution >= 0.6 is 27.3 Å². The molecule has 0 spiro atoms. The van der Waals surface area contributed by atoms with Crippen molar-refractivity contribution in [1.29, 1.82) is 0 Å². The zero-order chi connectivity index (χ0) is 17.4. The lowest BCUT2D eigenvalue weighted by molar-refractivity contribution is 0.602. The molecule has 2 rings (SSSR count). The van der Waals surface area contributed by atoms with Crippen LogP contribution in [0.2, 0.25) is 0 Å². The third kappa shape index (κ3) is 6.20. The minimum atomic E-state index is -0.163. The molecule has 1 aromatic heterocycles. The third-order valence-electron chi connectivity index (χ3n) is 3.32. The second kappa shape index (κ2) is 9.74. The normalized spacial score (nSPS) is 11.6. The van der Waals surface area contributed by atoms with Crippen LogP contribution in [0.15, 0.2) is 33.9 Å². The summed E-state index contributed by atoms with van der Waals surface area (Å²) >= 11 is 4.93. The Morgan fingerprint density at radius 1 is 1.38 bits per heavy atom. The smallest absolute Gasteiger partial charge is 0.191 e. The lowest BCUT2D eigenvalue weighted by Crippen LogP contribution is -2.37. The molecule has 0 aliphatic carbocycles. The van der Waals surface area contributed by atoms with E-state index in [9.17, 15) is 4.39 Å². The number of rotatable bonds is 7. The van der Waals surface area contributed by atoms with E-state index >= 15 is 0 Å². The summed E-state index contributed by atoms with van der Waals surface area (Å²) in [4.78, 5) is 10.0. The van der Waals surface area contributed by atoms with E-state index in [1.54, 1.807) is 11.3 Å². The van der Waals surface area contributed by atoms with Crippen molar-refractivity contribution in [3.05, 3.63) is 50.1 Å². The van der Waals surface area contributed by atoms with Gasteiger partial charge in [0.1, 0.15) is 10.8 Å². The van der Waals surface area contributed by atoms with Gasteiger partial charge in [0.2, 0.25) is 0 Å². The first-order chi connectivity index (χ1) is 11.6. The highest BCUT2D eigenvalue weighted by Gasteiger charge is 2.04. The summed E-state index contributed by atoms with van der Waals surface area (Å²) in [5.41, 5.74) is 0.736. The Morgan fingerprint density at radius 3 is 2.88 bits per heavy atom. The Kier molecular flexibility index (Phi) is 7.65. The van der Waals surface area contributed by atoms with E-state index in [-0.39, 0.29) is 5.82 Å². The van der Waals surface area contributed by atoms with Crippen LogP contribution in [-0.2, 0) is 13.0 Å². The molecule has 0 aliphatic heterocycles. The number of guanidine groups is 1. The van der Waals surface area contributed by atoms with Gasteiger partial charge >= 0.3 is 0 Å². The van der Waals surface area contributed by atoms with Crippen molar-refractivity contribution >= 4 is 33.2 Å². The molecule has 0 fully saturated rings. The average molecular weight is 413 g/mol. The monoisotopic (exact) mass is 412 g/mol. The van der Waals surface area contributed by atoms with Crippen LogP contribution in [0.4, 0.5) is 4.39 Å². The van der Waals surface area contributed by atoms with Crippen molar-refractivity contribution in [1.82, 2.24) is 15.6 Å². The van der Waals surface area contributed by atoms with E-state index in [1.807, 2.05) is 32.2 Å². The van der Waals surface area contributed by atoms with Crippen LogP contribution in [0, 0.1) is 12.7 Å². The standard InChI is InChI=1S/C17H22BrFN4S/c1-3-20-17(23-11-16-22-10-12(2)24-16)21-8-4-5-13-6-7-14(18)9-15(13)19/h6-7,9-10H,3-5,8,11H2,1-2H3,(H2,20,21,23). The Labute approximate surface area is 154 Å². The Morgan fingerprint density at radius 2 is 2.21 bits per heavy atom. The summed E-state index contributed by atoms with van der Waals surface area (Å²) < 4.78 is 14.5. The molecule has 24 heavy (non-hydrogen) atoms. The summed E-state index contributed by atoms with van der Waals surface area (Å²) in [7, 11) is 0. The molecule has 4 nitrogen and oxygen atoms in total. The molecular weight excluding hydrogens is 391 g/mol. The zero-order valence-electron chi connectivity index (χ0n) is 13.9. The first kappa shape index (κ1) is 18.9. The molecule has 0 bridgehead atoms. The lowest BCUT2D eigenvalue weighted by atomic mass is 10.1. The Balaban J connectivity index is 1.80. The van der Waals surface area contributed by atoms with Gasteiger partial charge in [-0.1, -0.05) is 22.0 Å². The largest absolute Gasteiger partial charge is 0.357 e. The lowest BCUT2D eigenvalue weighted by Gasteiger charge is -2.11. The Bertz CT molecular complexity index is 687. The SMILES string of the molecule is CCNC(=NCc1ncc(C)s1)NCCCc1ccc(Br)cc1F. The van der Waals surface area contributed by atoms with Crippen molar-refractivity contribution in [2.24, 2.45) is 4.99 Å². The fraction of sp³-hybridized carbons (Fsp3) is 0.412. The highest BCUT2D eigenvalue weighted by molar-refractivity contribution is 9.10. The molecular formula is C17H22BrFN4S. The topological polar surface area (TPSA) is 49.3 Å². The number of benzene rings is 1. The number of aromatic nitrogens is 1. The molecule has 0 unspecified atom stereocenters. The third-order valence-corrected chi connectivity index (χ3v) is 4.71. The molecule has 2 N–H and O–H groups in total. The molecule has 0 atom stereocenters. The number of thiazole rings is 1. The van der Waals surface area contributed by atoms with Crippen LogP contribution in [0.3, 0.4) is 0 Å². The van der Waals surface area contributed by atoms with E-state index in [2.05, 4.69) is 36.5 Å². The summed E-state index contributed by atoms with van der Waals surface area (Å²) in [6.45, 7) is 6.16. The highest BCUT2D eigenvalue weighted by Crippen LogP contribution is 2.16. The number of hydrogen-bond acceptors (Lipinski definition) is 3. The molecule has 2 aromatic rings. The fourth-order valence-corrected chi connectivity index (χ4v) is 3.22. The molecule has 0 aliphatic rings. The summed E-state index contributed by atoms with van der Waals surface area (Å²) in [5.74, 6) is 0.603. The van der Waals surface area contributed by atoms with Crippen molar-refractivity contribution in [3.63, 3.8) is 0 Å². The van der Waals surface area contributed by atoms with Gasteiger partial charge in [0, 0.05) is 28.6 Å². The first-order valence-electron chi connectivity index (χ1n) is 7.96. The highest BCUT2D eigenvalue weighted by atomic mass is 79.9. The summed E-state index contributed by atoms with van der Waals surface area (Å²) in [5, 5.41) is 7.50. The minimum Gasteiger partial charge on any atom is -0.357 e. The number of hydrogen-bond donors (Lipinski definition) is 2. The maximum atomic E-state index is 13.8. The van der Waals surface area contributed by atoms with E-state index in [1.165, 1.54) is 10.9 Å². The van der Waals surface area contributed by atoms with Gasteiger partial charge in [-0.15, -0.1) is 11.3 Å². The van der Waals surface area contributed by atoms with Gasteiger partial charge in [-0.3, -0.25) is 0 Å². The number of aryl methyl sites for hydroxylation is 2. The predicted octanol–water partition coefficient (Wildman–Crippen LogP) is 4.04. The van der Waals surface area contributed by atoms with Gasteiger partial charge in [-0.05, 0) is 44.4 Å². The minimum absolute atomic E-state index is 0.163. The number of nitrogens with zero attached hydrogens (tertiary/aromatic N) is 2. The van der Waals surface area contributed by atoms with Crippen molar-refractivity contribution in [2.75, 3.05) is 13.1 Å². The molecule has 130 valence electrons. The second-order valence-electron chi connectivity index (χ2n) is 5.33. The fourth-order valence-electron chi connectivity index (χ4n) is 2.17. The molecule has 1 aromatic carbocycles. The van der Waals surface area contributed by atoms with Gasteiger partial charge in [0.25, 0.3) is 0 Å². The second-order valence-corrected chi connectivity index (χ2v) is 7.56. The maximum absolute atomic E-state index is 13.8. The van der Waals surface area contributed by atoms with E-state index in [4.69, 9.17) is 0 Å². The van der Waals surface area contributed by atoms with Crippen LogP contribution in [0.1, 0.15) is 28.8 Å². The van der Waals surface area contributed by atoms with Crippen LogP contribution < -0.4 is 10.6 Å². The number of halogens is 2. The number of aliphatic imine (C=N–C) groups is 1. The van der Waals surface area contributed by atoms with E-state index in [0.717, 1.165) is 40.5 Å². The van der Waals surface area contributed by atoms with Gasteiger partial charge in [0.15, 0.2) is 5.96 Å². The van der Waals surface area contributed by atoms with Crippen LogP contribution in [0.25, 0.3) is 0 Å². The average Bonchev–Trinajstić information content (AvgIpc) is 2.96. The Hall–Kier alpha value is -1.47. The van der Waals surface area contributed by atoms with Crippen molar-refractivity contribution in [3.8, 4) is 0 Å². The zero-order valence-corrected chi connectivity index (χ0v) is 16.3. The van der Waals surface area contributed by atoms with Gasteiger partial charge < -0.3 is 10.6 Å². The molecule has 1 heterocycles. The summed E-state index contributed by atoms with van der Waals surface area (Å²) in [6.07, 6.45) is 3.39. The maximum Gasteiger partial charge on any atom is 0.191 e. The van der Waals surface area contributed by atoms with Gasteiger partial charge in [-0.25, -0.2) is 14.4 Å². The molecule has 0 amide bonds. The van der Waals surface area contributed by atoms with Crippen molar-refractivity contribution < 1.29 is 4.39 Å². The number of nitrogens with one attached hydrogen (secondary N) is 2. The summed E-state index contributed by atoms with van der Waals surface area (Å²) in [6, 6.07) is 5.20. The molecule has 7 heteroatoms. The van der Waals surface area contributed by atoms with E-state index in [0.29, 0.717) is 13.0 Å². The molecule has 0 saturated carbocycles. The predicted molar refractivity (Wildman–Crippen MR) is 102 cm³/mol.